The lowest BCUT2D eigenvalue weighted by atomic mass is 9.74. The van der Waals surface area contributed by atoms with Gasteiger partial charge in [-0.25, -0.2) is 13.1 Å². The van der Waals surface area contributed by atoms with Crippen molar-refractivity contribution in [1.29, 1.82) is 0 Å². The fourth-order valence-electron chi connectivity index (χ4n) is 3.83. The molecule has 0 spiro atoms. The third kappa shape index (κ3) is 3.79. The molecular weight excluding hydrogens is 328 g/mol. The number of rotatable bonds is 5. The van der Waals surface area contributed by atoms with E-state index in [1.54, 1.807) is 0 Å². The van der Waals surface area contributed by atoms with Gasteiger partial charge in [-0.05, 0) is 31.4 Å². The van der Waals surface area contributed by atoms with Gasteiger partial charge >= 0.3 is 0 Å². The maximum absolute atomic E-state index is 12.7. The van der Waals surface area contributed by atoms with Gasteiger partial charge in [-0.3, -0.25) is 4.79 Å². The summed E-state index contributed by atoms with van der Waals surface area (Å²) in [6, 6.07) is 9.29. The minimum Gasteiger partial charge on any atom is -0.377 e. The van der Waals surface area contributed by atoms with Crippen LogP contribution in [0, 0.1) is 5.41 Å². The zero-order valence-corrected chi connectivity index (χ0v) is 14.7. The molecule has 1 aromatic rings. The van der Waals surface area contributed by atoms with E-state index in [9.17, 15) is 13.2 Å². The summed E-state index contributed by atoms with van der Waals surface area (Å²) in [4.78, 5) is 14.6. The van der Waals surface area contributed by atoms with Crippen LogP contribution in [0.5, 0.6) is 0 Å². The Morgan fingerprint density at radius 2 is 2.12 bits per heavy atom. The molecule has 7 heteroatoms. The molecule has 0 radical (unpaired) electrons. The Kier molecular flexibility index (Phi) is 4.94. The molecule has 6 nitrogen and oxygen atoms in total. The Balaban J connectivity index is 1.71. The van der Waals surface area contributed by atoms with Crippen molar-refractivity contribution in [2.45, 2.75) is 25.4 Å². The SMILES string of the molecule is CS(=O)(=O)NCC[C@@]12CCO[C@@H]1CCN(C(=O)c1ccccc1)C2. The molecule has 1 N–H and O–H groups in total. The van der Waals surface area contributed by atoms with Crippen molar-refractivity contribution >= 4 is 15.9 Å². The van der Waals surface area contributed by atoms with E-state index in [1.165, 1.54) is 6.26 Å². The Labute approximate surface area is 143 Å². The molecule has 1 aromatic carbocycles. The van der Waals surface area contributed by atoms with Crippen molar-refractivity contribution in [3.05, 3.63) is 35.9 Å². The van der Waals surface area contributed by atoms with Gasteiger partial charge in [0.25, 0.3) is 5.91 Å². The largest absolute Gasteiger partial charge is 0.377 e. The quantitative estimate of drug-likeness (QED) is 0.865. The molecule has 24 heavy (non-hydrogen) atoms. The average Bonchev–Trinajstić information content (AvgIpc) is 2.96. The highest BCUT2D eigenvalue weighted by atomic mass is 32.2. The molecule has 0 bridgehead atoms. The highest BCUT2D eigenvalue weighted by molar-refractivity contribution is 7.88. The predicted molar refractivity (Wildman–Crippen MR) is 91.2 cm³/mol. The highest BCUT2D eigenvalue weighted by Gasteiger charge is 2.48. The zero-order valence-electron chi connectivity index (χ0n) is 13.9. The van der Waals surface area contributed by atoms with Crippen molar-refractivity contribution in [3.63, 3.8) is 0 Å². The fraction of sp³-hybridized carbons (Fsp3) is 0.588. The van der Waals surface area contributed by atoms with Crippen LogP contribution >= 0.6 is 0 Å². The van der Waals surface area contributed by atoms with Gasteiger partial charge in [0.1, 0.15) is 0 Å². The third-order valence-corrected chi connectivity index (χ3v) is 5.79. The second-order valence-electron chi connectivity index (χ2n) is 6.77. The predicted octanol–water partition coefficient (Wildman–Crippen LogP) is 1.25. The second-order valence-corrected chi connectivity index (χ2v) is 8.60. The lowest BCUT2D eigenvalue weighted by Gasteiger charge is -2.44. The number of sulfonamides is 1. The number of hydrogen-bond donors (Lipinski definition) is 1. The van der Waals surface area contributed by atoms with Crippen LogP contribution in [0.4, 0.5) is 0 Å². The summed E-state index contributed by atoms with van der Waals surface area (Å²) in [7, 11) is -3.20. The molecule has 2 heterocycles. The fourth-order valence-corrected chi connectivity index (χ4v) is 4.30. The number of benzene rings is 1. The highest BCUT2D eigenvalue weighted by Crippen LogP contribution is 2.43. The van der Waals surface area contributed by atoms with E-state index >= 15 is 0 Å². The number of likely N-dealkylation sites (tertiary alicyclic amines) is 1. The van der Waals surface area contributed by atoms with Crippen molar-refractivity contribution in [3.8, 4) is 0 Å². The van der Waals surface area contributed by atoms with Gasteiger partial charge in [0.2, 0.25) is 10.0 Å². The van der Waals surface area contributed by atoms with Crippen molar-refractivity contribution in [1.82, 2.24) is 9.62 Å². The van der Waals surface area contributed by atoms with Gasteiger partial charge in [0, 0.05) is 37.2 Å². The number of piperidine rings is 1. The Morgan fingerprint density at radius 3 is 2.83 bits per heavy atom. The van der Waals surface area contributed by atoms with Crippen LogP contribution in [-0.4, -0.2) is 57.8 Å². The maximum Gasteiger partial charge on any atom is 0.253 e. The molecule has 1 amide bonds. The number of nitrogens with one attached hydrogen (secondary N) is 1. The van der Waals surface area contributed by atoms with E-state index in [4.69, 9.17) is 4.74 Å². The van der Waals surface area contributed by atoms with Gasteiger partial charge in [-0.2, -0.15) is 0 Å². The number of amides is 1. The summed E-state index contributed by atoms with van der Waals surface area (Å²) in [5, 5.41) is 0. The van der Waals surface area contributed by atoms with E-state index in [0.29, 0.717) is 38.2 Å². The third-order valence-electron chi connectivity index (χ3n) is 5.06. The van der Waals surface area contributed by atoms with Gasteiger partial charge in [0.15, 0.2) is 0 Å². The zero-order chi connectivity index (χ0) is 17.2. The van der Waals surface area contributed by atoms with E-state index < -0.39 is 10.0 Å². The minimum absolute atomic E-state index is 0.0383. The Bertz CT molecular complexity index is 692. The number of ether oxygens (including phenoxy) is 1. The number of fused-ring (bicyclic) bond motifs is 1. The maximum atomic E-state index is 12.7. The molecule has 0 unspecified atom stereocenters. The summed E-state index contributed by atoms with van der Waals surface area (Å²) >= 11 is 0. The monoisotopic (exact) mass is 352 g/mol. The molecule has 2 atom stereocenters. The molecule has 3 rings (SSSR count). The lowest BCUT2D eigenvalue weighted by molar-refractivity contribution is -0.0158. The number of nitrogens with zero attached hydrogens (tertiary/aromatic N) is 1. The molecule has 0 saturated carbocycles. The molecule has 2 aliphatic heterocycles. The number of carbonyl (C=O) groups excluding carboxylic acids is 1. The summed E-state index contributed by atoms with van der Waals surface area (Å²) in [6.07, 6.45) is 3.63. The molecule has 2 aliphatic rings. The van der Waals surface area contributed by atoms with E-state index in [-0.39, 0.29) is 17.4 Å². The summed E-state index contributed by atoms with van der Waals surface area (Å²) < 4.78 is 31.1. The first kappa shape index (κ1) is 17.4. The molecular formula is C17H24N2O4S. The van der Waals surface area contributed by atoms with Crippen molar-refractivity contribution in [2.24, 2.45) is 5.41 Å². The first-order valence-electron chi connectivity index (χ1n) is 8.30. The van der Waals surface area contributed by atoms with Crippen LogP contribution in [0.25, 0.3) is 0 Å². The van der Waals surface area contributed by atoms with Crippen molar-refractivity contribution in [2.75, 3.05) is 32.5 Å². The Hall–Kier alpha value is -1.44. The smallest absolute Gasteiger partial charge is 0.253 e. The van der Waals surface area contributed by atoms with Crippen LogP contribution in [0.1, 0.15) is 29.6 Å². The van der Waals surface area contributed by atoms with E-state index in [1.807, 2.05) is 35.2 Å². The molecule has 0 aromatic heterocycles. The molecule has 2 fully saturated rings. The van der Waals surface area contributed by atoms with Gasteiger partial charge in [-0.15, -0.1) is 0 Å². The lowest BCUT2D eigenvalue weighted by Crippen LogP contribution is -2.52. The van der Waals surface area contributed by atoms with Crippen molar-refractivity contribution < 1.29 is 17.9 Å². The minimum atomic E-state index is -3.20. The summed E-state index contributed by atoms with van der Waals surface area (Å²) in [5.74, 6) is 0.0383. The van der Waals surface area contributed by atoms with Gasteiger partial charge < -0.3 is 9.64 Å². The molecule has 0 aliphatic carbocycles. The van der Waals surface area contributed by atoms with E-state index in [0.717, 1.165) is 12.8 Å². The van der Waals surface area contributed by atoms with E-state index in [2.05, 4.69) is 4.72 Å². The number of carbonyl (C=O) groups is 1. The summed E-state index contributed by atoms with van der Waals surface area (Å²) in [5.41, 5.74) is 0.541. The first-order valence-corrected chi connectivity index (χ1v) is 10.2. The number of hydrogen-bond acceptors (Lipinski definition) is 4. The topological polar surface area (TPSA) is 75.7 Å². The van der Waals surface area contributed by atoms with Gasteiger partial charge in [0.05, 0.1) is 12.4 Å². The average molecular weight is 352 g/mol. The van der Waals surface area contributed by atoms with Crippen LogP contribution in [0.15, 0.2) is 30.3 Å². The Morgan fingerprint density at radius 1 is 1.38 bits per heavy atom. The first-order chi connectivity index (χ1) is 11.4. The molecule has 132 valence electrons. The van der Waals surface area contributed by atoms with Gasteiger partial charge in [-0.1, -0.05) is 18.2 Å². The van der Waals surface area contributed by atoms with Crippen LogP contribution in [0.2, 0.25) is 0 Å². The second kappa shape index (κ2) is 6.82. The molecule has 2 saturated heterocycles. The standard InChI is InChI=1S/C17H24N2O4S/c1-24(21,22)18-10-8-17-9-12-23-15(17)7-11-19(13-17)16(20)14-5-3-2-4-6-14/h2-6,15,18H,7-13H2,1H3/t15-,17+/m1/s1. The van der Waals surface area contributed by atoms with Crippen LogP contribution < -0.4 is 4.72 Å². The normalized spacial score (nSPS) is 27.0. The summed E-state index contributed by atoms with van der Waals surface area (Å²) in [6.45, 7) is 2.36. The van der Waals surface area contributed by atoms with Crippen LogP contribution in [-0.2, 0) is 14.8 Å². The van der Waals surface area contributed by atoms with Crippen LogP contribution in [0.3, 0.4) is 0 Å².